The van der Waals surface area contributed by atoms with Crippen LogP contribution >= 0.6 is 0 Å². The first kappa shape index (κ1) is 16.2. The first-order valence-electron chi connectivity index (χ1n) is 8.49. The molecule has 3 heteroatoms. The highest BCUT2D eigenvalue weighted by Crippen LogP contribution is 2.61. The van der Waals surface area contributed by atoms with Crippen LogP contribution in [-0.4, -0.2) is 16.7 Å². The summed E-state index contributed by atoms with van der Waals surface area (Å²) in [6, 6.07) is 0. The average molecular weight is 314 g/mol. The fourth-order valence-electron chi connectivity index (χ4n) is 5.63. The Morgan fingerprint density at radius 2 is 1.91 bits per heavy atom. The molecule has 1 fully saturated rings. The Labute approximate surface area is 138 Å². The van der Waals surface area contributed by atoms with Crippen molar-refractivity contribution in [1.82, 2.24) is 0 Å². The molecule has 0 heterocycles. The molecule has 1 N–H and O–H groups in total. The third-order valence-electron chi connectivity index (χ3n) is 6.79. The zero-order valence-electron chi connectivity index (χ0n) is 14.4. The molecule has 0 radical (unpaired) electrons. The third kappa shape index (κ3) is 2.02. The summed E-state index contributed by atoms with van der Waals surface area (Å²) in [5, 5.41) is 10.2. The molecule has 124 valence electrons. The fraction of sp³-hybridized carbons (Fsp3) is 0.600. The van der Waals surface area contributed by atoms with E-state index in [0.29, 0.717) is 0 Å². The quantitative estimate of drug-likeness (QED) is 0.795. The number of aliphatic hydroxyl groups is 1. The number of carbonyl (C=O) groups is 2. The highest BCUT2D eigenvalue weighted by atomic mass is 16.3. The van der Waals surface area contributed by atoms with Gasteiger partial charge in [-0.3, -0.25) is 9.59 Å². The van der Waals surface area contributed by atoms with Crippen molar-refractivity contribution in [2.75, 3.05) is 0 Å². The Morgan fingerprint density at radius 3 is 2.52 bits per heavy atom. The zero-order valence-corrected chi connectivity index (χ0v) is 14.4. The van der Waals surface area contributed by atoms with Gasteiger partial charge in [0.05, 0.1) is 0 Å². The van der Waals surface area contributed by atoms with Crippen LogP contribution in [0.4, 0.5) is 0 Å². The fourth-order valence-corrected chi connectivity index (χ4v) is 5.63. The average Bonchev–Trinajstić information content (AvgIpc) is 2.47. The van der Waals surface area contributed by atoms with Crippen LogP contribution in [0.25, 0.3) is 0 Å². The van der Waals surface area contributed by atoms with Crippen LogP contribution < -0.4 is 0 Å². The Balaban J connectivity index is 2.16. The van der Waals surface area contributed by atoms with Gasteiger partial charge in [0.1, 0.15) is 0 Å². The number of carbonyl (C=O) groups excluding carboxylic acids is 2. The van der Waals surface area contributed by atoms with Gasteiger partial charge in [0.15, 0.2) is 11.5 Å². The minimum atomic E-state index is -0.634. The molecule has 1 saturated carbocycles. The van der Waals surface area contributed by atoms with Gasteiger partial charge in [-0.05, 0) is 48.3 Å². The normalized spacial score (nSPS) is 42.3. The largest absolute Gasteiger partial charge is 0.505 e. The lowest BCUT2D eigenvalue weighted by Crippen LogP contribution is -2.57. The van der Waals surface area contributed by atoms with Crippen LogP contribution in [0.1, 0.15) is 40.5 Å². The molecule has 0 bridgehead atoms. The maximum atomic E-state index is 12.9. The molecule has 0 aromatic heterocycles. The van der Waals surface area contributed by atoms with Gasteiger partial charge in [0.25, 0.3) is 0 Å². The Bertz CT molecular complexity index is 652. The van der Waals surface area contributed by atoms with E-state index in [1.807, 2.05) is 13.8 Å². The summed E-state index contributed by atoms with van der Waals surface area (Å²) < 4.78 is 0. The van der Waals surface area contributed by atoms with E-state index in [0.717, 1.165) is 18.4 Å². The molecule has 0 spiro atoms. The van der Waals surface area contributed by atoms with E-state index in [9.17, 15) is 14.7 Å². The standard InChI is InChI=1S/C20H26O3/c1-6-12-9-14(21)17-13(11(12)2)7-8-16-19(3,4)18(23)15(22)10-20(16,17)5/h6,9-11,13,16-17,22H,1,7-8H2,2-5H3/t11-,13+,16-,17-,20-/m1/s1. The van der Waals surface area contributed by atoms with E-state index in [1.54, 1.807) is 18.2 Å². The van der Waals surface area contributed by atoms with Crippen LogP contribution in [0, 0.1) is 34.5 Å². The third-order valence-corrected chi connectivity index (χ3v) is 6.79. The van der Waals surface area contributed by atoms with Gasteiger partial charge in [0.2, 0.25) is 5.78 Å². The van der Waals surface area contributed by atoms with Gasteiger partial charge in [-0.25, -0.2) is 0 Å². The molecule has 0 aliphatic heterocycles. The number of Topliss-reactive ketones (excluding diaryl/α,β-unsaturated/α-hetero) is 1. The second kappa shape index (κ2) is 4.93. The van der Waals surface area contributed by atoms with E-state index in [1.165, 1.54) is 0 Å². The molecule has 0 aromatic rings. The van der Waals surface area contributed by atoms with Crippen molar-refractivity contribution in [3.63, 3.8) is 0 Å². The molecule has 0 unspecified atom stereocenters. The van der Waals surface area contributed by atoms with Gasteiger partial charge in [-0.2, -0.15) is 0 Å². The van der Waals surface area contributed by atoms with Gasteiger partial charge < -0.3 is 5.11 Å². The smallest absolute Gasteiger partial charge is 0.202 e. The number of ketones is 2. The van der Waals surface area contributed by atoms with Crippen LogP contribution in [0.15, 0.2) is 36.1 Å². The monoisotopic (exact) mass is 314 g/mol. The molecular weight excluding hydrogens is 288 g/mol. The van der Waals surface area contributed by atoms with Gasteiger partial charge >= 0.3 is 0 Å². The number of aliphatic hydroxyl groups excluding tert-OH is 1. The molecule has 0 aromatic carbocycles. The van der Waals surface area contributed by atoms with Crippen LogP contribution in [0.5, 0.6) is 0 Å². The van der Waals surface area contributed by atoms with Crippen molar-refractivity contribution in [3.8, 4) is 0 Å². The van der Waals surface area contributed by atoms with Crippen molar-refractivity contribution >= 4 is 11.6 Å². The van der Waals surface area contributed by atoms with Gasteiger partial charge in [-0.15, -0.1) is 0 Å². The molecule has 3 nitrogen and oxygen atoms in total. The lowest BCUT2D eigenvalue weighted by Gasteiger charge is -2.57. The summed E-state index contributed by atoms with van der Waals surface area (Å²) >= 11 is 0. The van der Waals surface area contributed by atoms with Gasteiger partial charge in [0, 0.05) is 16.7 Å². The highest BCUT2D eigenvalue weighted by molar-refractivity contribution is 6.00. The molecule has 3 rings (SSSR count). The lowest BCUT2D eigenvalue weighted by molar-refractivity contribution is -0.146. The summed E-state index contributed by atoms with van der Waals surface area (Å²) in [6.45, 7) is 11.9. The first-order chi connectivity index (χ1) is 10.6. The van der Waals surface area contributed by atoms with Gasteiger partial charge in [-0.1, -0.05) is 40.3 Å². The molecule has 5 atom stereocenters. The second-order valence-electron chi connectivity index (χ2n) is 8.26. The predicted molar refractivity (Wildman–Crippen MR) is 89.8 cm³/mol. The van der Waals surface area contributed by atoms with Crippen molar-refractivity contribution in [2.24, 2.45) is 34.5 Å². The first-order valence-corrected chi connectivity index (χ1v) is 8.49. The zero-order chi connectivity index (χ0) is 17.2. The summed E-state index contributed by atoms with van der Waals surface area (Å²) in [5.41, 5.74) is -0.0960. The number of rotatable bonds is 1. The topological polar surface area (TPSA) is 54.4 Å². The maximum Gasteiger partial charge on any atom is 0.202 e. The minimum Gasteiger partial charge on any atom is -0.505 e. The summed E-state index contributed by atoms with van der Waals surface area (Å²) in [6.07, 6.45) is 7.03. The number of allylic oxidation sites excluding steroid dienone is 5. The van der Waals surface area contributed by atoms with E-state index in [2.05, 4.69) is 20.4 Å². The Hall–Kier alpha value is -1.64. The lowest BCUT2D eigenvalue weighted by atomic mass is 9.45. The molecule has 3 aliphatic rings. The van der Waals surface area contributed by atoms with E-state index < -0.39 is 10.8 Å². The Morgan fingerprint density at radius 1 is 1.26 bits per heavy atom. The van der Waals surface area contributed by atoms with Crippen molar-refractivity contribution in [3.05, 3.63) is 36.1 Å². The molecule has 0 saturated heterocycles. The second-order valence-corrected chi connectivity index (χ2v) is 8.26. The van der Waals surface area contributed by atoms with Crippen LogP contribution in [-0.2, 0) is 9.59 Å². The van der Waals surface area contributed by atoms with E-state index in [4.69, 9.17) is 0 Å². The molecule has 23 heavy (non-hydrogen) atoms. The predicted octanol–water partition coefficient (Wildman–Crippen LogP) is 4.02. The molecule has 0 amide bonds. The number of hydrogen-bond acceptors (Lipinski definition) is 3. The maximum absolute atomic E-state index is 12.9. The summed E-state index contributed by atoms with van der Waals surface area (Å²) in [7, 11) is 0. The van der Waals surface area contributed by atoms with Crippen molar-refractivity contribution in [1.29, 1.82) is 0 Å². The van der Waals surface area contributed by atoms with E-state index in [-0.39, 0.29) is 41.0 Å². The number of hydrogen-bond donors (Lipinski definition) is 1. The minimum absolute atomic E-state index is 0.0782. The summed E-state index contributed by atoms with van der Waals surface area (Å²) in [4.78, 5) is 25.3. The Kier molecular flexibility index (Phi) is 3.48. The van der Waals surface area contributed by atoms with Crippen LogP contribution in [0.3, 0.4) is 0 Å². The molecular formula is C20H26O3. The highest BCUT2D eigenvalue weighted by Gasteiger charge is 2.60. The van der Waals surface area contributed by atoms with E-state index >= 15 is 0 Å². The SMILES string of the molecule is C=CC1=CC(=O)[C@H]2[C@@H](CC[C@@H]3C(C)(C)C(=O)C(O)=C[C@]32C)[C@@H]1C. The number of fused-ring (bicyclic) bond motifs is 3. The van der Waals surface area contributed by atoms with Crippen molar-refractivity contribution in [2.45, 2.75) is 40.5 Å². The molecule has 3 aliphatic carbocycles. The summed E-state index contributed by atoms with van der Waals surface area (Å²) in [5.74, 6) is 0.179. The van der Waals surface area contributed by atoms with Crippen LogP contribution in [0.2, 0.25) is 0 Å². The van der Waals surface area contributed by atoms with Crippen molar-refractivity contribution < 1.29 is 14.7 Å².